The van der Waals surface area contributed by atoms with Crippen LogP contribution in [0.25, 0.3) is 0 Å². The monoisotopic (exact) mass is 640 g/mol. The van der Waals surface area contributed by atoms with Crippen molar-refractivity contribution in [1.82, 2.24) is 31.5 Å². The van der Waals surface area contributed by atoms with Crippen molar-refractivity contribution in [2.24, 2.45) is 17.4 Å². The Balaban J connectivity index is 2.89. The second kappa shape index (κ2) is 20.5. The first-order valence-electron chi connectivity index (χ1n) is 15.1. The summed E-state index contributed by atoms with van der Waals surface area (Å²) < 4.78 is 0. The van der Waals surface area contributed by atoms with Crippen molar-refractivity contribution in [3.63, 3.8) is 0 Å². The second-order valence-corrected chi connectivity index (χ2v) is 11.5. The number of guanidine groups is 1. The smallest absolute Gasteiger partial charge is 0.246 e. The van der Waals surface area contributed by atoms with Crippen molar-refractivity contribution in [1.29, 1.82) is 5.41 Å². The molecule has 1 radical (unpaired) electrons. The van der Waals surface area contributed by atoms with Crippen LogP contribution in [-0.4, -0.2) is 102 Å². The van der Waals surface area contributed by atoms with Gasteiger partial charge in [-0.1, -0.05) is 39.5 Å². The Morgan fingerprint density at radius 2 is 1.61 bits per heavy atom. The maximum absolute atomic E-state index is 14.0. The van der Waals surface area contributed by atoms with E-state index in [-0.39, 0.29) is 30.1 Å². The lowest BCUT2D eigenvalue weighted by Crippen LogP contribution is -2.58. The molecule has 5 atom stereocenters. The number of rotatable bonds is 19. The van der Waals surface area contributed by atoms with Gasteiger partial charge in [0.2, 0.25) is 35.8 Å². The number of amides is 5. The molecule has 15 nitrogen and oxygen atoms in total. The number of nitrogens with zero attached hydrogens (tertiary/aromatic N) is 1. The third-order valence-corrected chi connectivity index (χ3v) is 7.99. The van der Waals surface area contributed by atoms with Crippen molar-refractivity contribution < 1.29 is 28.8 Å². The van der Waals surface area contributed by atoms with Crippen molar-refractivity contribution >= 4 is 54.4 Å². The molecule has 0 aromatic rings. The summed E-state index contributed by atoms with van der Waals surface area (Å²) >= 11 is 3.93. The van der Waals surface area contributed by atoms with Gasteiger partial charge in [-0.15, -0.1) is 0 Å². The van der Waals surface area contributed by atoms with E-state index < -0.39 is 66.8 Å². The molecule has 16 heteroatoms. The minimum absolute atomic E-state index is 0.0962. The lowest BCUT2D eigenvalue weighted by Gasteiger charge is -2.41. The molecule has 1 fully saturated rings. The molecular formula is C28H50N9O6S. The van der Waals surface area contributed by atoms with Crippen molar-refractivity contribution in [2.75, 3.05) is 25.4 Å². The first-order chi connectivity index (χ1) is 20.9. The maximum Gasteiger partial charge on any atom is 0.246 e. The van der Waals surface area contributed by atoms with Crippen LogP contribution in [0.4, 0.5) is 0 Å². The fraction of sp³-hybridized carbons (Fsp3) is 0.750. The van der Waals surface area contributed by atoms with Crippen LogP contribution in [0.15, 0.2) is 0 Å². The Kier molecular flexibility index (Phi) is 18.0. The van der Waals surface area contributed by atoms with Crippen LogP contribution in [0.1, 0.15) is 72.1 Å². The van der Waals surface area contributed by atoms with E-state index in [1.807, 2.05) is 13.8 Å². The Labute approximate surface area is 265 Å². The molecule has 1 rings (SSSR count). The zero-order valence-electron chi connectivity index (χ0n) is 25.9. The van der Waals surface area contributed by atoms with E-state index >= 15 is 0 Å². The van der Waals surface area contributed by atoms with Gasteiger partial charge in [0.15, 0.2) is 5.96 Å². The summed E-state index contributed by atoms with van der Waals surface area (Å²) in [6.45, 7) is 4.63. The van der Waals surface area contributed by atoms with E-state index in [9.17, 15) is 28.8 Å². The molecule has 10 N–H and O–H groups in total. The second-order valence-electron chi connectivity index (χ2n) is 11.1. The van der Waals surface area contributed by atoms with Crippen molar-refractivity contribution in [3.8, 4) is 0 Å². The van der Waals surface area contributed by atoms with Gasteiger partial charge in [0.25, 0.3) is 0 Å². The predicted molar refractivity (Wildman–Crippen MR) is 169 cm³/mol. The zero-order valence-corrected chi connectivity index (χ0v) is 26.8. The predicted octanol–water partition coefficient (Wildman–Crippen LogP) is -1.59. The molecule has 0 heterocycles. The molecule has 0 aromatic carbocycles. The third kappa shape index (κ3) is 13.5. The van der Waals surface area contributed by atoms with E-state index in [0.717, 1.165) is 32.1 Å². The highest BCUT2D eigenvalue weighted by molar-refractivity contribution is 7.80. The molecule has 1 aliphatic carbocycles. The molecule has 5 amide bonds. The Bertz CT molecular complexity index is 995. The van der Waals surface area contributed by atoms with Crippen LogP contribution in [0.3, 0.4) is 0 Å². The molecule has 1 saturated carbocycles. The normalized spacial score (nSPS) is 16.7. The summed E-state index contributed by atoms with van der Waals surface area (Å²) in [4.78, 5) is 77.0. The lowest BCUT2D eigenvalue weighted by atomic mass is 9.89. The highest BCUT2D eigenvalue weighted by atomic mass is 32.1. The highest BCUT2D eigenvalue weighted by Crippen LogP contribution is 2.28. The van der Waals surface area contributed by atoms with Gasteiger partial charge in [-0.3, -0.25) is 34.2 Å². The number of carbonyl (C=O) groups excluding carboxylic acids is 6. The lowest BCUT2D eigenvalue weighted by molar-refractivity contribution is -0.141. The van der Waals surface area contributed by atoms with E-state index in [1.165, 1.54) is 6.92 Å². The van der Waals surface area contributed by atoms with Gasteiger partial charge >= 0.3 is 0 Å². The summed E-state index contributed by atoms with van der Waals surface area (Å²) in [5.41, 5.74) is 10.9. The molecule has 0 unspecified atom stereocenters. The first-order valence-corrected chi connectivity index (χ1v) is 15.8. The van der Waals surface area contributed by atoms with Gasteiger partial charge in [0, 0.05) is 18.3 Å². The van der Waals surface area contributed by atoms with Crippen molar-refractivity contribution in [2.45, 2.75) is 102 Å². The number of hydrogen-bond donors (Lipinski definition) is 9. The van der Waals surface area contributed by atoms with E-state index in [1.54, 1.807) is 4.90 Å². The Morgan fingerprint density at radius 3 is 2.18 bits per heavy atom. The van der Waals surface area contributed by atoms with E-state index in [4.69, 9.17) is 16.9 Å². The van der Waals surface area contributed by atoms with E-state index in [2.05, 4.69) is 45.5 Å². The SMILES string of the molecule is CC[C@H](C)[C@@H]([C]=O)N(C(=O)[C@H](CCCNC(=N)N)NC(=O)CNC(=O)CNC(=O)[C@H](C)NC(=O)[C@@H](N)CS)C1CCCCC1. The highest BCUT2D eigenvalue weighted by Gasteiger charge is 2.38. The largest absolute Gasteiger partial charge is 0.370 e. The molecule has 0 bridgehead atoms. The maximum atomic E-state index is 14.0. The Hall–Kier alpha value is -3.40. The summed E-state index contributed by atoms with van der Waals surface area (Å²) in [5, 5.41) is 19.9. The number of carbonyl (C=O) groups is 5. The van der Waals surface area contributed by atoms with Gasteiger partial charge in [0.1, 0.15) is 18.1 Å². The molecule has 0 aromatic heterocycles. The van der Waals surface area contributed by atoms with Gasteiger partial charge < -0.3 is 43.0 Å². The Morgan fingerprint density at radius 1 is 0.977 bits per heavy atom. The number of nitrogens with two attached hydrogens (primary N) is 2. The zero-order chi connectivity index (χ0) is 33.2. The molecule has 249 valence electrons. The molecule has 1 aliphatic rings. The molecule has 44 heavy (non-hydrogen) atoms. The molecular weight excluding hydrogens is 590 g/mol. The quantitative estimate of drug-likeness (QED) is 0.0342. The van der Waals surface area contributed by atoms with Crippen LogP contribution in [0, 0.1) is 11.3 Å². The van der Waals surface area contributed by atoms with Gasteiger partial charge in [-0.25, -0.2) is 0 Å². The minimum atomic E-state index is -0.997. The third-order valence-electron chi connectivity index (χ3n) is 7.60. The fourth-order valence-corrected chi connectivity index (χ4v) is 4.98. The standard InChI is InChI=1S/C28H50N9O6S/c1-4-17(2)22(15-38)37(19-9-6-5-7-10-19)27(43)21(11-8-12-32-28(30)31)36-24(40)14-33-23(39)13-34-25(41)18(3)35-26(42)20(29)16-44/h17-22,44H,4-14,16,29H2,1-3H3,(H,33,39)(H,34,41)(H,35,42)(H,36,40)(H4,30,31,32)/t17-,18-,20-,21-,22+/m0/s1. The molecule has 0 saturated heterocycles. The van der Waals surface area contributed by atoms with Crippen LogP contribution in [-0.2, 0) is 28.8 Å². The van der Waals surface area contributed by atoms with Gasteiger partial charge in [-0.2, -0.15) is 12.6 Å². The number of hydrogen-bond acceptors (Lipinski definition) is 9. The minimum Gasteiger partial charge on any atom is -0.370 e. The van der Waals surface area contributed by atoms with Crippen molar-refractivity contribution in [3.05, 3.63) is 0 Å². The summed E-state index contributed by atoms with van der Waals surface area (Å²) in [5.74, 6) is -3.15. The molecule has 0 aliphatic heterocycles. The summed E-state index contributed by atoms with van der Waals surface area (Å²) in [7, 11) is 0. The topological polar surface area (TPSA) is 242 Å². The average molecular weight is 641 g/mol. The summed E-state index contributed by atoms with van der Waals surface area (Å²) in [6.07, 6.45) is 7.72. The molecule has 0 spiro atoms. The summed E-state index contributed by atoms with van der Waals surface area (Å²) in [6, 6.07) is -3.76. The number of nitrogens with one attached hydrogen (secondary N) is 6. The van der Waals surface area contributed by atoms with Gasteiger partial charge in [0.05, 0.1) is 19.1 Å². The van der Waals surface area contributed by atoms with Crippen LogP contribution in [0.5, 0.6) is 0 Å². The van der Waals surface area contributed by atoms with Crippen LogP contribution >= 0.6 is 12.6 Å². The van der Waals surface area contributed by atoms with Crippen LogP contribution in [0.2, 0.25) is 0 Å². The first kappa shape index (κ1) is 38.6. The van der Waals surface area contributed by atoms with E-state index in [0.29, 0.717) is 19.4 Å². The van der Waals surface area contributed by atoms with Gasteiger partial charge in [-0.05, 0) is 38.5 Å². The van der Waals surface area contributed by atoms with Crippen LogP contribution < -0.4 is 38.1 Å². The number of thiol groups is 1. The fourth-order valence-electron chi connectivity index (χ4n) is 4.82. The average Bonchev–Trinajstić information content (AvgIpc) is 3.01.